The summed E-state index contributed by atoms with van der Waals surface area (Å²) in [6, 6.07) is 7.95. The summed E-state index contributed by atoms with van der Waals surface area (Å²) < 4.78 is 35.9. The van der Waals surface area contributed by atoms with E-state index in [1.54, 1.807) is 0 Å². The first-order valence-electron chi connectivity index (χ1n) is 7.66. The van der Waals surface area contributed by atoms with Crippen molar-refractivity contribution in [2.75, 3.05) is 0 Å². The van der Waals surface area contributed by atoms with Gasteiger partial charge in [-0.25, -0.2) is 4.57 Å². The van der Waals surface area contributed by atoms with Gasteiger partial charge in [-0.2, -0.15) is 0 Å². The van der Waals surface area contributed by atoms with Crippen molar-refractivity contribution in [2.45, 2.75) is 13.2 Å². The molecule has 0 unspecified atom stereocenters. The molecular weight excluding hydrogens is 384 g/mol. The molecule has 9 heteroatoms. The van der Waals surface area contributed by atoms with Gasteiger partial charge in [-0.05, 0) is 30.3 Å². The second-order valence-corrected chi connectivity index (χ2v) is 6.31. The van der Waals surface area contributed by atoms with E-state index in [-0.39, 0.29) is 28.1 Å². The fourth-order valence-corrected chi connectivity index (χ4v) is 3.19. The number of aromatic hydroxyl groups is 1. The molecule has 0 spiro atoms. The van der Waals surface area contributed by atoms with Gasteiger partial charge in [0.1, 0.15) is 0 Å². The number of ether oxygens (including phenoxy) is 2. The van der Waals surface area contributed by atoms with Gasteiger partial charge in [0.15, 0.2) is 17.3 Å². The van der Waals surface area contributed by atoms with Gasteiger partial charge in [0.25, 0.3) is 0 Å². The molecule has 1 aromatic heterocycles. The van der Waals surface area contributed by atoms with E-state index in [0.29, 0.717) is 10.4 Å². The molecule has 0 saturated heterocycles. The number of fused-ring (bicyclic) bond motifs is 2. The summed E-state index contributed by atoms with van der Waals surface area (Å²) in [5.41, 5.74) is 0.0773. The van der Waals surface area contributed by atoms with Gasteiger partial charge in [-0.1, -0.05) is 17.7 Å². The predicted molar refractivity (Wildman–Crippen MR) is 91.0 cm³/mol. The van der Waals surface area contributed by atoms with Gasteiger partial charge < -0.3 is 14.6 Å². The maximum atomic E-state index is 13.2. The number of benzene rings is 2. The summed E-state index contributed by atoms with van der Waals surface area (Å²) >= 11 is 5.95. The first kappa shape index (κ1) is 17.3. The van der Waals surface area contributed by atoms with E-state index in [2.05, 4.69) is 9.47 Å². The monoisotopic (exact) mass is 393 g/mol. The number of carbonyl (C=O) groups excluding carboxylic acids is 2. The molecule has 0 bridgehead atoms. The molecule has 27 heavy (non-hydrogen) atoms. The Balaban J connectivity index is 1.88. The van der Waals surface area contributed by atoms with E-state index >= 15 is 0 Å². The maximum Gasteiger partial charge on any atom is 0.586 e. The predicted octanol–water partition coefficient (Wildman–Crippen LogP) is 4.21. The molecule has 138 valence electrons. The molecule has 3 aromatic rings. The van der Waals surface area contributed by atoms with Crippen molar-refractivity contribution in [2.24, 2.45) is 0 Å². The van der Waals surface area contributed by atoms with Gasteiger partial charge >= 0.3 is 6.29 Å². The second kappa shape index (κ2) is 5.68. The van der Waals surface area contributed by atoms with Crippen LogP contribution in [0.15, 0.2) is 36.4 Å². The van der Waals surface area contributed by atoms with E-state index in [9.17, 15) is 23.5 Å². The van der Waals surface area contributed by atoms with Crippen molar-refractivity contribution < 1.29 is 33.0 Å². The lowest BCUT2D eigenvalue weighted by Crippen LogP contribution is -2.25. The molecule has 6 nitrogen and oxygen atoms in total. The number of rotatable bonds is 2. The molecule has 1 aliphatic rings. The topological polar surface area (TPSA) is 77.8 Å². The Labute approximate surface area is 155 Å². The Kier molecular flexibility index (Phi) is 3.64. The minimum Gasteiger partial charge on any atom is -0.494 e. The Hall–Kier alpha value is -3.13. The third kappa shape index (κ3) is 2.69. The van der Waals surface area contributed by atoms with Gasteiger partial charge in [0.05, 0.1) is 11.1 Å². The third-order valence-corrected chi connectivity index (χ3v) is 4.35. The molecule has 0 saturated carbocycles. The van der Waals surface area contributed by atoms with Crippen LogP contribution in [0.1, 0.15) is 27.6 Å². The number of ketones is 1. The first-order valence-corrected chi connectivity index (χ1v) is 8.04. The molecule has 2 aromatic carbocycles. The average Bonchev–Trinajstić information content (AvgIpc) is 3.04. The van der Waals surface area contributed by atoms with Crippen LogP contribution in [0.3, 0.4) is 0 Å². The number of carbonyl (C=O) groups is 2. The number of alkyl halides is 2. The van der Waals surface area contributed by atoms with Crippen LogP contribution in [0.4, 0.5) is 8.78 Å². The normalized spacial score (nSPS) is 14.5. The molecule has 1 aliphatic heterocycles. The highest BCUT2D eigenvalue weighted by molar-refractivity contribution is 6.31. The van der Waals surface area contributed by atoms with Crippen LogP contribution in [-0.4, -0.2) is 27.7 Å². The summed E-state index contributed by atoms with van der Waals surface area (Å²) in [6.07, 6.45) is -3.81. The Morgan fingerprint density at radius 2 is 1.81 bits per heavy atom. The standard InChI is InChI=1S/C18H10ClF2NO5/c1-8(23)22-12-7-10(19)3-4-11(12)15(17(22)25)16(24)9-2-5-13-14(6-9)27-18(20,21)26-13/h2-7,25H,1H3. The largest absolute Gasteiger partial charge is 0.586 e. The summed E-state index contributed by atoms with van der Waals surface area (Å²) in [4.78, 5) is 24.9. The van der Waals surface area contributed by atoms with Crippen molar-refractivity contribution in [3.63, 3.8) is 0 Å². The van der Waals surface area contributed by atoms with Gasteiger partial charge in [0, 0.05) is 22.9 Å². The van der Waals surface area contributed by atoms with E-state index in [1.807, 2.05) is 0 Å². The van der Waals surface area contributed by atoms with Crippen molar-refractivity contribution in [3.05, 3.63) is 52.5 Å². The quantitative estimate of drug-likeness (QED) is 0.660. The van der Waals surface area contributed by atoms with Crippen LogP contribution in [0.25, 0.3) is 10.9 Å². The fraction of sp³-hybridized carbons (Fsp3) is 0.111. The molecule has 0 fully saturated rings. The number of aromatic nitrogens is 1. The number of hydrogen-bond donors (Lipinski definition) is 1. The molecular formula is C18H10ClF2NO5. The van der Waals surface area contributed by atoms with E-state index in [4.69, 9.17) is 11.6 Å². The SMILES string of the molecule is CC(=O)n1c(O)c(C(=O)c2ccc3c(c2)OC(F)(F)O3)c2ccc(Cl)cc21. The van der Waals surface area contributed by atoms with Crippen LogP contribution in [0.2, 0.25) is 5.02 Å². The maximum absolute atomic E-state index is 13.2. The Morgan fingerprint density at radius 1 is 1.11 bits per heavy atom. The molecule has 1 N–H and O–H groups in total. The third-order valence-electron chi connectivity index (χ3n) is 4.11. The summed E-state index contributed by atoms with van der Waals surface area (Å²) in [5.74, 6) is -2.28. The van der Waals surface area contributed by atoms with Crippen molar-refractivity contribution in [1.82, 2.24) is 4.57 Å². The Bertz CT molecular complexity index is 1140. The number of hydrogen-bond acceptors (Lipinski definition) is 5. The highest BCUT2D eigenvalue weighted by Crippen LogP contribution is 2.42. The lowest BCUT2D eigenvalue weighted by atomic mass is 10.0. The highest BCUT2D eigenvalue weighted by Gasteiger charge is 2.43. The second-order valence-electron chi connectivity index (χ2n) is 5.87. The van der Waals surface area contributed by atoms with Crippen LogP contribution < -0.4 is 9.47 Å². The van der Waals surface area contributed by atoms with E-state index < -0.39 is 23.9 Å². The van der Waals surface area contributed by atoms with Crippen LogP contribution in [0, 0.1) is 0 Å². The lowest BCUT2D eigenvalue weighted by molar-refractivity contribution is -0.286. The van der Waals surface area contributed by atoms with Gasteiger partial charge in [0.2, 0.25) is 11.8 Å². The van der Waals surface area contributed by atoms with Crippen LogP contribution >= 0.6 is 11.6 Å². The minimum atomic E-state index is -3.81. The van der Waals surface area contributed by atoms with Gasteiger partial charge in [-0.15, -0.1) is 8.78 Å². The molecule has 0 amide bonds. The zero-order valence-electron chi connectivity index (χ0n) is 13.6. The first-order chi connectivity index (χ1) is 12.7. The minimum absolute atomic E-state index is 0.0251. The zero-order valence-corrected chi connectivity index (χ0v) is 14.4. The van der Waals surface area contributed by atoms with E-state index in [0.717, 1.165) is 10.6 Å². The number of nitrogens with zero attached hydrogens (tertiary/aromatic N) is 1. The lowest BCUT2D eigenvalue weighted by Gasteiger charge is -2.04. The summed E-state index contributed by atoms with van der Waals surface area (Å²) in [5, 5.41) is 11.1. The summed E-state index contributed by atoms with van der Waals surface area (Å²) in [7, 11) is 0. The molecule has 0 radical (unpaired) electrons. The fourth-order valence-electron chi connectivity index (χ4n) is 3.02. The molecule has 0 aliphatic carbocycles. The van der Waals surface area contributed by atoms with Crippen LogP contribution in [0.5, 0.6) is 17.4 Å². The summed E-state index contributed by atoms with van der Waals surface area (Å²) in [6.45, 7) is 1.22. The van der Waals surface area contributed by atoms with Crippen LogP contribution in [-0.2, 0) is 0 Å². The van der Waals surface area contributed by atoms with Crippen molar-refractivity contribution in [1.29, 1.82) is 0 Å². The average molecular weight is 394 g/mol. The molecule has 0 atom stereocenters. The molecule has 4 rings (SSSR count). The van der Waals surface area contributed by atoms with Crippen molar-refractivity contribution >= 4 is 34.2 Å². The Morgan fingerprint density at radius 3 is 2.52 bits per heavy atom. The smallest absolute Gasteiger partial charge is 0.494 e. The van der Waals surface area contributed by atoms with Gasteiger partial charge in [-0.3, -0.25) is 9.59 Å². The van der Waals surface area contributed by atoms with Crippen molar-refractivity contribution in [3.8, 4) is 17.4 Å². The highest BCUT2D eigenvalue weighted by atomic mass is 35.5. The zero-order chi connectivity index (χ0) is 19.5. The van der Waals surface area contributed by atoms with E-state index in [1.165, 1.54) is 37.3 Å². The molecule has 2 heterocycles. The number of halogens is 3.